The Bertz CT molecular complexity index is 852. The van der Waals surface area contributed by atoms with Crippen molar-refractivity contribution in [2.75, 3.05) is 0 Å². The SMILES string of the molecule is CC(C)(c1ccccc1)c1noc(-c2nc(O)cc(=O)[nH]2)n1. The van der Waals surface area contributed by atoms with E-state index < -0.39 is 16.9 Å². The number of aromatic amines is 1. The highest BCUT2D eigenvalue weighted by atomic mass is 16.5. The number of benzene rings is 1. The molecule has 0 atom stereocenters. The number of rotatable bonds is 3. The summed E-state index contributed by atoms with van der Waals surface area (Å²) in [4.78, 5) is 21.9. The third-order valence-corrected chi connectivity index (χ3v) is 3.41. The van der Waals surface area contributed by atoms with Crippen LogP contribution in [0.3, 0.4) is 0 Å². The predicted molar refractivity (Wildman–Crippen MR) is 78.4 cm³/mol. The quantitative estimate of drug-likeness (QED) is 0.764. The molecular formula is C15H14N4O3. The van der Waals surface area contributed by atoms with Crippen LogP contribution in [-0.4, -0.2) is 25.2 Å². The summed E-state index contributed by atoms with van der Waals surface area (Å²) in [6.45, 7) is 3.94. The lowest BCUT2D eigenvalue weighted by atomic mass is 9.84. The molecule has 7 nitrogen and oxygen atoms in total. The van der Waals surface area contributed by atoms with Gasteiger partial charge in [-0.2, -0.15) is 9.97 Å². The molecule has 0 aliphatic carbocycles. The minimum absolute atomic E-state index is 0.0348. The van der Waals surface area contributed by atoms with Crippen LogP contribution in [0.25, 0.3) is 11.7 Å². The van der Waals surface area contributed by atoms with Crippen LogP contribution in [0.4, 0.5) is 0 Å². The maximum Gasteiger partial charge on any atom is 0.293 e. The molecule has 7 heteroatoms. The summed E-state index contributed by atoms with van der Waals surface area (Å²) in [6, 6.07) is 10.7. The lowest BCUT2D eigenvalue weighted by molar-refractivity contribution is 0.403. The van der Waals surface area contributed by atoms with Crippen molar-refractivity contribution in [3.8, 4) is 17.6 Å². The number of H-pyrrole nitrogens is 1. The first-order chi connectivity index (χ1) is 10.5. The summed E-state index contributed by atoms with van der Waals surface area (Å²) in [5.41, 5.74) is 0.0596. The zero-order chi connectivity index (χ0) is 15.7. The largest absolute Gasteiger partial charge is 0.493 e. The van der Waals surface area contributed by atoms with E-state index in [-0.39, 0.29) is 11.7 Å². The normalized spacial score (nSPS) is 11.5. The number of aromatic nitrogens is 4. The molecule has 0 radical (unpaired) electrons. The van der Waals surface area contributed by atoms with Crippen molar-refractivity contribution in [3.63, 3.8) is 0 Å². The molecule has 2 N–H and O–H groups in total. The summed E-state index contributed by atoms with van der Waals surface area (Å²) in [6.07, 6.45) is 0. The smallest absolute Gasteiger partial charge is 0.293 e. The topological polar surface area (TPSA) is 105 Å². The van der Waals surface area contributed by atoms with Gasteiger partial charge in [-0.1, -0.05) is 35.5 Å². The Kier molecular flexibility index (Phi) is 3.25. The number of nitrogens with zero attached hydrogens (tertiary/aromatic N) is 3. The lowest BCUT2D eigenvalue weighted by Gasteiger charge is -2.20. The van der Waals surface area contributed by atoms with Gasteiger partial charge in [0.05, 0.1) is 11.5 Å². The van der Waals surface area contributed by atoms with Crippen LogP contribution >= 0.6 is 0 Å². The van der Waals surface area contributed by atoms with Crippen molar-refractivity contribution in [2.24, 2.45) is 0 Å². The Hall–Kier alpha value is -2.96. The molecule has 0 aliphatic heterocycles. The van der Waals surface area contributed by atoms with Crippen molar-refractivity contribution >= 4 is 0 Å². The minimum atomic E-state index is -0.496. The number of hydrogen-bond acceptors (Lipinski definition) is 6. The van der Waals surface area contributed by atoms with Gasteiger partial charge >= 0.3 is 0 Å². The first kappa shape index (κ1) is 14.0. The number of nitrogens with one attached hydrogen (secondary N) is 1. The Morgan fingerprint density at radius 2 is 1.91 bits per heavy atom. The minimum Gasteiger partial charge on any atom is -0.493 e. The van der Waals surface area contributed by atoms with Crippen molar-refractivity contribution in [1.29, 1.82) is 0 Å². The van der Waals surface area contributed by atoms with Gasteiger partial charge in [0.2, 0.25) is 11.7 Å². The maximum atomic E-state index is 11.4. The Balaban J connectivity index is 2.02. The van der Waals surface area contributed by atoms with Crippen molar-refractivity contribution < 1.29 is 9.63 Å². The highest BCUT2D eigenvalue weighted by molar-refractivity contribution is 5.41. The Morgan fingerprint density at radius 3 is 2.59 bits per heavy atom. The van der Waals surface area contributed by atoms with E-state index in [1.807, 2.05) is 44.2 Å². The van der Waals surface area contributed by atoms with E-state index >= 15 is 0 Å². The molecule has 0 saturated heterocycles. The standard InChI is InChI=1S/C15H14N4O3/c1-15(2,9-6-4-3-5-7-9)14-18-13(22-19-14)12-16-10(20)8-11(21)17-12/h3-8H,1-2H3,(H2,16,17,20,21). The van der Waals surface area contributed by atoms with Crippen LogP contribution < -0.4 is 5.56 Å². The summed E-state index contributed by atoms with van der Waals surface area (Å²) < 4.78 is 5.16. The first-order valence-corrected chi connectivity index (χ1v) is 6.67. The molecule has 3 aromatic rings. The number of hydrogen-bond donors (Lipinski definition) is 2. The molecular weight excluding hydrogens is 284 g/mol. The molecule has 112 valence electrons. The second-order valence-electron chi connectivity index (χ2n) is 5.37. The van der Waals surface area contributed by atoms with Gasteiger partial charge in [-0.25, -0.2) is 0 Å². The molecule has 22 heavy (non-hydrogen) atoms. The molecule has 3 rings (SSSR count). The Labute approximate surface area is 125 Å². The van der Waals surface area contributed by atoms with Gasteiger partial charge in [-0.15, -0.1) is 0 Å². The van der Waals surface area contributed by atoms with E-state index in [9.17, 15) is 9.90 Å². The molecule has 2 heterocycles. The van der Waals surface area contributed by atoms with Crippen molar-refractivity contribution in [1.82, 2.24) is 20.1 Å². The van der Waals surface area contributed by atoms with E-state index in [0.717, 1.165) is 11.6 Å². The third kappa shape index (κ3) is 2.48. The van der Waals surface area contributed by atoms with E-state index in [0.29, 0.717) is 5.82 Å². The maximum absolute atomic E-state index is 11.4. The summed E-state index contributed by atoms with van der Waals surface area (Å²) in [7, 11) is 0. The van der Waals surface area contributed by atoms with Gasteiger partial charge in [-0.3, -0.25) is 4.79 Å². The summed E-state index contributed by atoms with van der Waals surface area (Å²) in [5, 5.41) is 13.3. The summed E-state index contributed by atoms with van der Waals surface area (Å²) in [5.74, 6) is 0.139. The monoisotopic (exact) mass is 298 g/mol. The van der Waals surface area contributed by atoms with Crippen LogP contribution in [0.5, 0.6) is 5.88 Å². The number of aromatic hydroxyl groups is 1. The van der Waals surface area contributed by atoms with Gasteiger partial charge < -0.3 is 14.6 Å². The van der Waals surface area contributed by atoms with Crippen LogP contribution in [0.2, 0.25) is 0 Å². The van der Waals surface area contributed by atoms with Crippen LogP contribution in [0, 0.1) is 0 Å². The zero-order valence-electron chi connectivity index (χ0n) is 12.1. The van der Waals surface area contributed by atoms with Crippen molar-refractivity contribution in [2.45, 2.75) is 19.3 Å². The molecule has 0 spiro atoms. The molecule has 0 bridgehead atoms. The Morgan fingerprint density at radius 1 is 1.18 bits per heavy atom. The third-order valence-electron chi connectivity index (χ3n) is 3.41. The zero-order valence-corrected chi connectivity index (χ0v) is 12.1. The second-order valence-corrected chi connectivity index (χ2v) is 5.37. The molecule has 0 fully saturated rings. The van der Waals surface area contributed by atoms with Crippen LogP contribution in [0.15, 0.2) is 45.7 Å². The molecule has 0 amide bonds. The van der Waals surface area contributed by atoms with Gasteiger partial charge in [-0.05, 0) is 19.4 Å². The van der Waals surface area contributed by atoms with Gasteiger partial charge in [0, 0.05) is 0 Å². The fourth-order valence-corrected chi connectivity index (χ4v) is 2.10. The van der Waals surface area contributed by atoms with Gasteiger partial charge in [0.15, 0.2) is 5.82 Å². The van der Waals surface area contributed by atoms with E-state index in [2.05, 4.69) is 20.1 Å². The van der Waals surface area contributed by atoms with E-state index in [1.165, 1.54) is 0 Å². The lowest BCUT2D eigenvalue weighted by Crippen LogP contribution is -2.20. The van der Waals surface area contributed by atoms with Crippen LogP contribution in [-0.2, 0) is 5.41 Å². The van der Waals surface area contributed by atoms with Crippen molar-refractivity contribution in [3.05, 3.63) is 58.1 Å². The van der Waals surface area contributed by atoms with Crippen LogP contribution in [0.1, 0.15) is 25.2 Å². The fourth-order valence-electron chi connectivity index (χ4n) is 2.10. The van der Waals surface area contributed by atoms with E-state index in [1.54, 1.807) is 0 Å². The highest BCUT2D eigenvalue weighted by Gasteiger charge is 2.29. The summed E-state index contributed by atoms with van der Waals surface area (Å²) >= 11 is 0. The molecule has 0 aliphatic rings. The van der Waals surface area contributed by atoms with E-state index in [4.69, 9.17) is 4.52 Å². The average molecular weight is 298 g/mol. The highest BCUT2D eigenvalue weighted by Crippen LogP contribution is 2.30. The van der Waals surface area contributed by atoms with Gasteiger partial charge in [0.25, 0.3) is 11.4 Å². The first-order valence-electron chi connectivity index (χ1n) is 6.67. The molecule has 0 saturated carbocycles. The average Bonchev–Trinajstić information content (AvgIpc) is 2.98. The second kappa shape index (κ2) is 5.10. The molecule has 2 aromatic heterocycles. The van der Waals surface area contributed by atoms with Gasteiger partial charge in [0.1, 0.15) is 0 Å². The molecule has 0 unspecified atom stereocenters. The molecule has 1 aromatic carbocycles. The predicted octanol–water partition coefficient (Wildman–Crippen LogP) is 1.85. The fraction of sp³-hybridized carbons (Fsp3) is 0.200.